The first-order valence-corrected chi connectivity index (χ1v) is 6.70. The van der Waals surface area contributed by atoms with Gasteiger partial charge in [0.05, 0.1) is 11.3 Å². The van der Waals surface area contributed by atoms with E-state index in [4.69, 9.17) is 11.6 Å². The molecular weight excluding hydrogens is 341 g/mol. The summed E-state index contributed by atoms with van der Waals surface area (Å²) in [5, 5.41) is -2.07. The van der Waals surface area contributed by atoms with Crippen LogP contribution >= 0.6 is 11.6 Å². The van der Waals surface area contributed by atoms with E-state index >= 15 is 0 Å². The summed E-state index contributed by atoms with van der Waals surface area (Å²) in [6, 6.07) is 7.80. The Morgan fingerprint density at radius 3 is 2.35 bits per heavy atom. The average Bonchev–Trinajstić information content (AvgIpc) is 2.52. The molecule has 0 heterocycles. The molecule has 1 unspecified atom stereocenters. The van der Waals surface area contributed by atoms with Gasteiger partial charge in [-0.2, -0.15) is 13.2 Å². The van der Waals surface area contributed by atoms with Crippen LogP contribution in [0.15, 0.2) is 48.5 Å². The van der Waals surface area contributed by atoms with Crippen LogP contribution in [0.2, 0.25) is 0 Å². The normalized spacial score (nSPS) is 12.8. The number of amides is 1. The van der Waals surface area contributed by atoms with Crippen molar-refractivity contribution >= 4 is 23.2 Å². The van der Waals surface area contributed by atoms with E-state index in [9.17, 15) is 26.8 Å². The summed E-state index contributed by atoms with van der Waals surface area (Å²) in [7, 11) is 0. The van der Waals surface area contributed by atoms with Gasteiger partial charge in [-0.1, -0.05) is 22.7 Å². The van der Waals surface area contributed by atoms with Crippen LogP contribution in [0.3, 0.4) is 0 Å². The zero-order valence-electron chi connectivity index (χ0n) is 11.3. The third-order valence-electron chi connectivity index (χ3n) is 2.95. The maximum absolute atomic E-state index is 14.1. The highest BCUT2D eigenvalue weighted by Gasteiger charge is 2.32. The van der Waals surface area contributed by atoms with Gasteiger partial charge in [0.25, 0.3) is 5.91 Å². The number of carbonyl (C=O) groups is 1. The predicted molar refractivity (Wildman–Crippen MR) is 75.0 cm³/mol. The highest BCUT2D eigenvalue weighted by Crippen LogP contribution is 2.33. The van der Waals surface area contributed by atoms with E-state index in [1.54, 1.807) is 0 Å². The summed E-state index contributed by atoms with van der Waals surface area (Å²) in [5.41, 5.74) is -1.74. The predicted octanol–water partition coefficient (Wildman–Crippen LogP) is 5.04. The summed E-state index contributed by atoms with van der Waals surface area (Å²) in [5.74, 6) is -2.00. The number of halogens is 6. The van der Waals surface area contributed by atoms with Crippen LogP contribution in [-0.4, -0.2) is 5.91 Å². The molecule has 0 saturated carbocycles. The molecule has 122 valence electrons. The molecule has 0 aliphatic carbocycles. The van der Waals surface area contributed by atoms with Gasteiger partial charge >= 0.3 is 6.18 Å². The minimum absolute atomic E-state index is 0.00806. The van der Waals surface area contributed by atoms with E-state index in [1.165, 1.54) is 12.1 Å². The van der Waals surface area contributed by atoms with Crippen molar-refractivity contribution < 1.29 is 26.8 Å². The lowest BCUT2D eigenvalue weighted by atomic mass is 10.1. The lowest BCUT2D eigenvalue weighted by Gasteiger charge is -2.17. The van der Waals surface area contributed by atoms with Gasteiger partial charge in [0, 0.05) is 0 Å². The summed E-state index contributed by atoms with van der Waals surface area (Å²) >= 11 is 5.78. The van der Waals surface area contributed by atoms with Crippen molar-refractivity contribution in [3.63, 3.8) is 0 Å². The number of rotatable bonds is 3. The van der Waals surface area contributed by atoms with Gasteiger partial charge in [0.15, 0.2) is 0 Å². The van der Waals surface area contributed by atoms with Crippen LogP contribution in [-0.2, 0) is 11.0 Å². The second kappa shape index (κ2) is 6.54. The fraction of sp³-hybridized carbons (Fsp3) is 0.133. The number of alkyl halides is 4. The van der Waals surface area contributed by atoms with Crippen LogP contribution in [0.4, 0.5) is 27.7 Å². The van der Waals surface area contributed by atoms with Gasteiger partial charge in [0.1, 0.15) is 11.2 Å². The molecule has 2 nitrogen and oxygen atoms in total. The van der Waals surface area contributed by atoms with E-state index in [1.807, 2.05) is 0 Å². The van der Waals surface area contributed by atoms with Crippen molar-refractivity contribution in [1.82, 2.24) is 0 Å². The molecular formula is C15H9ClF5NO. The SMILES string of the molecule is O=C(C(Cl)c1cccc(F)c1)N(F)c1cccc(C(F)(F)F)c1. The lowest BCUT2D eigenvalue weighted by Crippen LogP contribution is -2.26. The first-order chi connectivity index (χ1) is 10.7. The standard InChI is InChI=1S/C15H9ClF5NO/c16-13(9-3-1-5-11(17)7-9)14(23)22(21)12-6-2-4-10(8-12)15(18,19)20/h1-8,13H. The second-order valence-corrected chi connectivity index (χ2v) is 5.02. The molecule has 0 fully saturated rings. The summed E-state index contributed by atoms with van der Waals surface area (Å²) in [6.07, 6.45) is -4.68. The Kier molecular flexibility index (Phi) is 4.89. The number of anilines is 1. The molecule has 0 radical (unpaired) electrons. The first kappa shape index (κ1) is 17.2. The zero-order chi connectivity index (χ0) is 17.2. The quantitative estimate of drug-likeness (QED) is 0.432. The maximum Gasteiger partial charge on any atom is 0.416 e. The van der Waals surface area contributed by atoms with Crippen LogP contribution in [0.1, 0.15) is 16.5 Å². The van der Waals surface area contributed by atoms with Gasteiger partial charge < -0.3 is 0 Å². The van der Waals surface area contributed by atoms with Crippen LogP contribution in [0, 0.1) is 5.82 Å². The molecule has 0 saturated heterocycles. The molecule has 23 heavy (non-hydrogen) atoms. The molecule has 2 aromatic rings. The maximum atomic E-state index is 14.1. The number of carbonyl (C=O) groups excluding carboxylic acids is 1. The average molecular weight is 350 g/mol. The topological polar surface area (TPSA) is 20.3 Å². The Labute approximate surface area is 133 Å². The fourth-order valence-electron chi connectivity index (χ4n) is 1.84. The molecule has 0 aliphatic rings. The molecule has 2 rings (SSSR count). The van der Waals surface area contributed by atoms with Crippen molar-refractivity contribution in [2.45, 2.75) is 11.6 Å². The highest BCUT2D eigenvalue weighted by molar-refractivity contribution is 6.32. The van der Waals surface area contributed by atoms with Crippen molar-refractivity contribution in [1.29, 1.82) is 0 Å². The van der Waals surface area contributed by atoms with Gasteiger partial charge in [-0.05, 0) is 35.9 Å². The molecule has 0 aromatic heterocycles. The lowest BCUT2D eigenvalue weighted by molar-refractivity contribution is -0.137. The van der Waals surface area contributed by atoms with Gasteiger partial charge in [-0.25, -0.2) is 4.39 Å². The van der Waals surface area contributed by atoms with E-state index in [0.29, 0.717) is 6.07 Å². The van der Waals surface area contributed by atoms with E-state index in [-0.39, 0.29) is 5.56 Å². The Morgan fingerprint density at radius 2 is 1.74 bits per heavy atom. The minimum Gasteiger partial charge on any atom is -0.270 e. The van der Waals surface area contributed by atoms with Gasteiger partial charge in [-0.3, -0.25) is 4.79 Å². The third kappa shape index (κ3) is 3.98. The van der Waals surface area contributed by atoms with Crippen molar-refractivity contribution in [2.75, 3.05) is 5.12 Å². The van der Waals surface area contributed by atoms with E-state index in [2.05, 4.69) is 0 Å². The largest absolute Gasteiger partial charge is 0.416 e. The second-order valence-electron chi connectivity index (χ2n) is 4.58. The van der Waals surface area contributed by atoms with Gasteiger partial charge in [0.2, 0.25) is 0 Å². The van der Waals surface area contributed by atoms with Crippen LogP contribution in [0.25, 0.3) is 0 Å². The monoisotopic (exact) mass is 349 g/mol. The van der Waals surface area contributed by atoms with Crippen molar-refractivity contribution in [3.05, 3.63) is 65.5 Å². The first-order valence-electron chi connectivity index (χ1n) is 6.26. The highest BCUT2D eigenvalue weighted by atomic mass is 35.5. The van der Waals surface area contributed by atoms with Gasteiger partial charge in [-0.15, -0.1) is 16.7 Å². The fourth-order valence-corrected chi connectivity index (χ4v) is 2.06. The zero-order valence-corrected chi connectivity index (χ0v) is 12.1. The van der Waals surface area contributed by atoms with Crippen LogP contribution in [0.5, 0.6) is 0 Å². The molecule has 8 heteroatoms. The molecule has 0 aliphatic heterocycles. The summed E-state index contributed by atoms with van der Waals surface area (Å²) in [4.78, 5) is 11.9. The third-order valence-corrected chi connectivity index (χ3v) is 3.39. The summed E-state index contributed by atoms with van der Waals surface area (Å²) < 4.78 is 65.0. The molecule has 0 N–H and O–H groups in total. The molecule has 0 bridgehead atoms. The van der Waals surface area contributed by atoms with Crippen molar-refractivity contribution in [3.8, 4) is 0 Å². The molecule has 2 aromatic carbocycles. The molecule has 1 amide bonds. The molecule has 0 spiro atoms. The van der Waals surface area contributed by atoms with E-state index < -0.39 is 39.7 Å². The van der Waals surface area contributed by atoms with Crippen molar-refractivity contribution in [2.24, 2.45) is 0 Å². The Bertz CT molecular complexity index is 719. The molecule has 1 atom stereocenters. The number of nitrogens with zero attached hydrogens (tertiary/aromatic N) is 1. The number of hydrogen-bond donors (Lipinski definition) is 0. The Morgan fingerprint density at radius 1 is 1.09 bits per heavy atom. The van der Waals surface area contributed by atoms with Crippen LogP contribution < -0.4 is 5.12 Å². The van der Waals surface area contributed by atoms with E-state index in [0.717, 1.165) is 30.3 Å². The smallest absolute Gasteiger partial charge is 0.270 e. The summed E-state index contributed by atoms with van der Waals surface area (Å²) in [6.45, 7) is 0. The number of benzene rings is 2. The Balaban J connectivity index is 2.26. The minimum atomic E-state index is -4.68. The Hall–Kier alpha value is -2.15. The number of hydrogen-bond acceptors (Lipinski definition) is 1.